The van der Waals surface area contributed by atoms with Gasteiger partial charge in [-0.25, -0.2) is 0 Å². The van der Waals surface area contributed by atoms with Crippen LogP contribution in [-0.2, 0) is 0 Å². The SMILES string of the molecule is CCN(CC1CCCCC1)C(C)NC. The molecule has 0 radical (unpaired) electrons. The predicted octanol–water partition coefficient (Wildman–Crippen LogP) is 2.45. The van der Waals surface area contributed by atoms with Crippen LogP contribution in [0.2, 0.25) is 0 Å². The predicted molar refractivity (Wildman–Crippen MR) is 62.3 cm³/mol. The molecule has 0 heterocycles. The minimum Gasteiger partial charge on any atom is -0.305 e. The highest BCUT2D eigenvalue weighted by molar-refractivity contribution is 4.72. The highest BCUT2D eigenvalue weighted by atomic mass is 15.2. The molecule has 0 amide bonds. The van der Waals surface area contributed by atoms with E-state index in [9.17, 15) is 0 Å². The normalized spacial score (nSPS) is 21.4. The molecule has 0 spiro atoms. The van der Waals surface area contributed by atoms with Gasteiger partial charge in [-0.2, -0.15) is 0 Å². The fraction of sp³-hybridized carbons (Fsp3) is 1.00. The van der Waals surface area contributed by atoms with E-state index in [0.29, 0.717) is 6.17 Å². The second-order valence-corrected chi connectivity index (χ2v) is 4.56. The van der Waals surface area contributed by atoms with Crippen molar-refractivity contribution in [2.24, 2.45) is 5.92 Å². The van der Waals surface area contributed by atoms with Gasteiger partial charge in [0.15, 0.2) is 0 Å². The van der Waals surface area contributed by atoms with Crippen molar-refractivity contribution in [3.8, 4) is 0 Å². The lowest BCUT2D eigenvalue weighted by atomic mass is 9.89. The van der Waals surface area contributed by atoms with Crippen LogP contribution in [0.1, 0.15) is 46.0 Å². The first kappa shape index (κ1) is 12.0. The molecule has 1 aliphatic carbocycles. The van der Waals surface area contributed by atoms with E-state index in [1.165, 1.54) is 45.2 Å². The third kappa shape index (κ3) is 3.58. The second-order valence-electron chi connectivity index (χ2n) is 4.56. The van der Waals surface area contributed by atoms with Crippen molar-refractivity contribution in [1.29, 1.82) is 0 Å². The van der Waals surface area contributed by atoms with Crippen LogP contribution < -0.4 is 5.32 Å². The molecule has 2 heteroatoms. The van der Waals surface area contributed by atoms with Gasteiger partial charge in [-0.3, -0.25) is 4.90 Å². The summed E-state index contributed by atoms with van der Waals surface area (Å²) in [5.74, 6) is 0.958. The number of nitrogens with one attached hydrogen (secondary N) is 1. The number of hydrogen-bond donors (Lipinski definition) is 1. The summed E-state index contributed by atoms with van der Waals surface area (Å²) in [4.78, 5) is 2.55. The van der Waals surface area contributed by atoms with Crippen LogP contribution in [-0.4, -0.2) is 31.2 Å². The van der Waals surface area contributed by atoms with Crippen molar-refractivity contribution in [1.82, 2.24) is 10.2 Å². The summed E-state index contributed by atoms with van der Waals surface area (Å²) in [5, 5.41) is 3.33. The first-order valence-electron chi connectivity index (χ1n) is 6.19. The molecule has 14 heavy (non-hydrogen) atoms. The number of rotatable bonds is 5. The average molecular weight is 198 g/mol. The van der Waals surface area contributed by atoms with Crippen molar-refractivity contribution in [3.05, 3.63) is 0 Å². The summed E-state index contributed by atoms with van der Waals surface area (Å²) < 4.78 is 0. The van der Waals surface area contributed by atoms with Gasteiger partial charge in [-0.15, -0.1) is 0 Å². The van der Waals surface area contributed by atoms with E-state index in [2.05, 4.69) is 24.1 Å². The molecule has 0 bridgehead atoms. The standard InChI is InChI=1S/C12H26N2/c1-4-14(11(2)13-3)10-12-8-6-5-7-9-12/h11-13H,4-10H2,1-3H3. The van der Waals surface area contributed by atoms with E-state index in [1.54, 1.807) is 0 Å². The zero-order valence-electron chi connectivity index (χ0n) is 10.1. The van der Waals surface area contributed by atoms with Crippen molar-refractivity contribution in [2.45, 2.75) is 52.1 Å². The molecule has 0 aromatic heterocycles. The van der Waals surface area contributed by atoms with Crippen LogP contribution in [0.3, 0.4) is 0 Å². The minimum absolute atomic E-state index is 0.530. The summed E-state index contributed by atoms with van der Waals surface area (Å²) in [5.41, 5.74) is 0. The molecular weight excluding hydrogens is 172 g/mol. The van der Waals surface area contributed by atoms with Gasteiger partial charge in [0, 0.05) is 6.54 Å². The Morgan fingerprint density at radius 2 is 1.93 bits per heavy atom. The molecule has 2 nitrogen and oxygen atoms in total. The third-order valence-corrected chi connectivity index (χ3v) is 3.59. The van der Waals surface area contributed by atoms with E-state index in [-0.39, 0.29) is 0 Å². The molecule has 1 aliphatic rings. The minimum atomic E-state index is 0.530. The van der Waals surface area contributed by atoms with Gasteiger partial charge in [0.1, 0.15) is 0 Å². The van der Waals surface area contributed by atoms with Crippen LogP contribution in [0, 0.1) is 5.92 Å². The zero-order chi connectivity index (χ0) is 10.4. The van der Waals surface area contributed by atoms with Crippen molar-refractivity contribution in [2.75, 3.05) is 20.1 Å². The zero-order valence-corrected chi connectivity index (χ0v) is 10.1. The van der Waals surface area contributed by atoms with E-state index in [1.807, 2.05) is 7.05 Å². The van der Waals surface area contributed by atoms with Crippen molar-refractivity contribution < 1.29 is 0 Å². The van der Waals surface area contributed by atoms with Crippen LogP contribution in [0.4, 0.5) is 0 Å². The maximum absolute atomic E-state index is 3.33. The average Bonchev–Trinajstić information content (AvgIpc) is 2.26. The summed E-state index contributed by atoms with van der Waals surface area (Å²) in [6.45, 7) is 6.97. The lowest BCUT2D eigenvalue weighted by molar-refractivity contribution is 0.148. The molecule has 0 aromatic carbocycles. The van der Waals surface area contributed by atoms with E-state index < -0.39 is 0 Å². The second kappa shape index (κ2) is 6.41. The maximum atomic E-state index is 3.33. The quantitative estimate of drug-likeness (QED) is 0.683. The summed E-state index contributed by atoms with van der Waals surface area (Å²) in [6, 6.07) is 0. The maximum Gasteiger partial charge on any atom is 0.0565 e. The van der Waals surface area contributed by atoms with Crippen LogP contribution in [0.25, 0.3) is 0 Å². The Hall–Kier alpha value is -0.0800. The number of hydrogen-bond acceptors (Lipinski definition) is 2. The van der Waals surface area contributed by atoms with Gasteiger partial charge in [0.2, 0.25) is 0 Å². The topological polar surface area (TPSA) is 15.3 Å². The lowest BCUT2D eigenvalue weighted by Crippen LogP contribution is -2.44. The molecule has 0 aromatic rings. The summed E-state index contributed by atoms with van der Waals surface area (Å²) >= 11 is 0. The molecule has 1 N–H and O–H groups in total. The van der Waals surface area contributed by atoms with E-state index in [0.717, 1.165) is 5.92 Å². The van der Waals surface area contributed by atoms with Gasteiger partial charge in [0.05, 0.1) is 6.17 Å². The molecule has 1 atom stereocenters. The fourth-order valence-electron chi connectivity index (χ4n) is 2.45. The van der Waals surface area contributed by atoms with Gasteiger partial charge in [0.25, 0.3) is 0 Å². The Bertz CT molecular complexity index is 141. The van der Waals surface area contributed by atoms with Gasteiger partial charge >= 0.3 is 0 Å². The molecular formula is C12H26N2. The van der Waals surface area contributed by atoms with Crippen LogP contribution >= 0.6 is 0 Å². The Kier molecular flexibility index (Phi) is 5.49. The Labute approximate surface area is 89.1 Å². The fourth-order valence-corrected chi connectivity index (χ4v) is 2.45. The Morgan fingerprint density at radius 1 is 1.29 bits per heavy atom. The first-order valence-corrected chi connectivity index (χ1v) is 6.19. The summed E-state index contributed by atoms with van der Waals surface area (Å²) in [7, 11) is 2.05. The van der Waals surface area contributed by atoms with Crippen LogP contribution in [0.5, 0.6) is 0 Å². The van der Waals surface area contributed by atoms with Crippen molar-refractivity contribution >= 4 is 0 Å². The van der Waals surface area contributed by atoms with Gasteiger partial charge in [-0.1, -0.05) is 26.2 Å². The molecule has 1 unspecified atom stereocenters. The van der Waals surface area contributed by atoms with Crippen molar-refractivity contribution in [3.63, 3.8) is 0 Å². The largest absolute Gasteiger partial charge is 0.305 e. The third-order valence-electron chi connectivity index (χ3n) is 3.59. The van der Waals surface area contributed by atoms with Crippen LogP contribution in [0.15, 0.2) is 0 Å². The highest BCUT2D eigenvalue weighted by Gasteiger charge is 2.18. The van der Waals surface area contributed by atoms with E-state index >= 15 is 0 Å². The van der Waals surface area contributed by atoms with Gasteiger partial charge < -0.3 is 5.32 Å². The molecule has 1 rings (SSSR count). The highest BCUT2D eigenvalue weighted by Crippen LogP contribution is 2.24. The number of nitrogens with zero attached hydrogens (tertiary/aromatic N) is 1. The van der Waals surface area contributed by atoms with Gasteiger partial charge in [-0.05, 0) is 39.3 Å². The smallest absolute Gasteiger partial charge is 0.0565 e. The monoisotopic (exact) mass is 198 g/mol. The molecule has 84 valence electrons. The lowest BCUT2D eigenvalue weighted by Gasteiger charge is -2.32. The Balaban J connectivity index is 2.30. The van der Waals surface area contributed by atoms with E-state index in [4.69, 9.17) is 0 Å². The molecule has 0 saturated heterocycles. The first-order chi connectivity index (χ1) is 6.77. The summed E-state index contributed by atoms with van der Waals surface area (Å²) in [6.07, 6.45) is 7.80. The Morgan fingerprint density at radius 3 is 2.43 bits per heavy atom. The molecule has 1 saturated carbocycles. The molecule has 0 aliphatic heterocycles. The molecule has 1 fully saturated rings.